The lowest BCUT2D eigenvalue weighted by Crippen LogP contribution is -2.40. The minimum atomic E-state index is -0.437. The molecular formula is C17H21FN2OS. The van der Waals surface area contributed by atoms with Crippen LogP contribution < -0.4 is 0 Å². The molecule has 0 unspecified atom stereocenters. The number of nitrogens with zero attached hydrogens (tertiary/aromatic N) is 2. The highest BCUT2D eigenvalue weighted by atomic mass is 32.2. The molecule has 0 amide bonds. The molecule has 0 spiro atoms. The minimum absolute atomic E-state index is 0.135. The van der Waals surface area contributed by atoms with Gasteiger partial charge in [-0.3, -0.25) is 4.90 Å². The molecule has 3 rings (SSSR count). The topological polar surface area (TPSA) is 36.3 Å². The first kappa shape index (κ1) is 15.8. The smallest absolute Gasteiger partial charge is 0.140 e. The maximum atomic E-state index is 13.5. The molecular weight excluding hydrogens is 299 g/mol. The van der Waals surface area contributed by atoms with Gasteiger partial charge in [0.2, 0.25) is 0 Å². The van der Waals surface area contributed by atoms with E-state index in [1.54, 1.807) is 12.1 Å². The van der Waals surface area contributed by atoms with E-state index in [9.17, 15) is 4.39 Å². The van der Waals surface area contributed by atoms with Crippen molar-refractivity contribution in [3.8, 4) is 6.07 Å². The molecule has 0 bridgehead atoms. The first-order valence-corrected chi connectivity index (χ1v) is 9.03. The zero-order valence-corrected chi connectivity index (χ0v) is 13.4. The predicted molar refractivity (Wildman–Crippen MR) is 86.2 cm³/mol. The monoisotopic (exact) mass is 320 g/mol. The molecule has 0 radical (unpaired) electrons. The predicted octanol–water partition coefficient (Wildman–Crippen LogP) is 3.18. The molecule has 0 N–H and O–H groups in total. The van der Waals surface area contributed by atoms with Gasteiger partial charge in [0.1, 0.15) is 11.9 Å². The van der Waals surface area contributed by atoms with Crippen LogP contribution in [0.5, 0.6) is 0 Å². The van der Waals surface area contributed by atoms with Crippen molar-refractivity contribution in [3.05, 3.63) is 35.1 Å². The highest BCUT2D eigenvalue weighted by Gasteiger charge is 2.27. The van der Waals surface area contributed by atoms with Crippen LogP contribution in [0, 0.1) is 17.1 Å². The van der Waals surface area contributed by atoms with E-state index < -0.39 is 5.82 Å². The van der Waals surface area contributed by atoms with Gasteiger partial charge >= 0.3 is 0 Å². The van der Waals surface area contributed by atoms with Gasteiger partial charge in [-0.05, 0) is 42.7 Å². The molecule has 118 valence electrons. The fourth-order valence-corrected chi connectivity index (χ4v) is 4.45. The van der Waals surface area contributed by atoms with Crippen molar-refractivity contribution in [1.29, 1.82) is 5.26 Å². The van der Waals surface area contributed by atoms with Crippen molar-refractivity contribution in [2.24, 2.45) is 0 Å². The number of benzene rings is 1. The van der Waals surface area contributed by atoms with Gasteiger partial charge in [0, 0.05) is 31.5 Å². The van der Waals surface area contributed by atoms with Gasteiger partial charge in [0.15, 0.2) is 0 Å². The molecule has 22 heavy (non-hydrogen) atoms. The second kappa shape index (κ2) is 7.45. The molecule has 0 aliphatic carbocycles. The summed E-state index contributed by atoms with van der Waals surface area (Å²) >= 11 is 1.99. The van der Waals surface area contributed by atoms with Crippen LogP contribution >= 0.6 is 11.8 Å². The number of thioether (sulfide) groups is 1. The van der Waals surface area contributed by atoms with Crippen molar-refractivity contribution >= 4 is 11.8 Å². The Labute approximate surface area is 135 Å². The number of hydrogen-bond donors (Lipinski definition) is 0. The van der Waals surface area contributed by atoms with Crippen LogP contribution in [0.4, 0.5) is 4.39 Å². The molecule has 2 fully saturated rings. The summed E-state index contributed by atoms with van der Waals surface area (Å²) in [5.41, 5.74) is 1.14. The molecule has 2 aliphatic heterocycles. The van der Waals surface area contributed by atoms with E-state index in [2.05, 4.69) is 4.90 Å². The zero-order valence-electron chi connectivity index (χ0n) is 12.6. The van der Waals surface area contributed by atoms with E-state index in [0.717, 1.165) is 43.9 Å². The zero-order chi connectivity index (χ0) is 15.4. The van der Waals surface area contributed by atoms with Crippen molar-refractivity contribution < 1.29 is 9.13 Å². The molecule has 5 heteroatoms. The van der Waals surface area contributed by atoms with E-state index >= 15 is 0 Å². The van der Waals surface area contributed by atoms with Crippen LogP contribution in [-0.4, -0.2) is 41.7 Å². The second-order valence-electron chi connectivity index (χ2n) is 6.01. The van der Waals surface area contributed by atoms with E-state index in [1.165, 1.54) is 18.2 Å². The molecule has 1 aromatic rings. The van der Waals surface area contributed by atoms with Crippen LogP contribution in [0.3, 0.4) is 0 Å². The Morgan fingerprint density at radius 2 is 2.32 bits per heavy atom. The van der Waals surface area contributed by atoms with Gasteiger partial charge in [-0.15, -0.1) is 0 Å². The maximum Gasteiger partial charge on any atom is 0.140 e. The van der Waals surface area contributed by atoms with Crippen LogP contribution in [0.2, 0.25) is 0 Å². The van der Waals surface area contributed by atoms with Crippen molar-refractivity contribution in [2.45, 2.75) is 38.0 Å². The number of rotatable bonds is 5. The Morgan fingerprint density at radius 3 is 3.00 bits per heavy atom. The van der Waals surface area contributed by atoms with Crippen LogP contribution in [0.25, 0.3) is 0 Å². The van der Waals surface area contributed by atoms with Gasteiger partial charge < -0.3 is 4.74 Å². The molecule has 2 atom stereocenters. The average molecular weight is 320 g/mol. The van der Waals surface area contributed by atoms with E-state index in [0.29, 0.717) is 12.1 Å². The summed E-state index contributed by atoms with van der Waals surface area (Å²) in [4.78, 5) is 2.46. The summed E-state index contributed by atoms with van der Waals surface area (Å²) in [6.07, 6.45) is 3.79. The lowest BCUT2D eigenvalue weighted by atomic mass is 10.1. The largest absolute Gasteiger partial charge is 0.377 e. The Bertz CT molecular complexity index is 548. The third kappa shape index (κ3) is 3.81. The quantitative estimate of drug-likeness (QED) is 0.835. The summed E-state index contributed by atoms with van der Waals surface area (Å²) in [6, 6.07) is 7.37. The SMILES string of the molecule is N#Cc1cc(CN(C[C@@H]2CCCO2)[C@@H]2CCSC2)ccc1F. The third-order valence-electron chi connectivity index (χ3n) is 4.42. The molecule has 2 saturated heterocycles. The molecule has 2 heterocycles. The van der Waals surface area contributed by atoms with E-state index in [-0.39, 0.29) is 5.56 Å². The highest BCUT2D eigenvalue weighted by Crippen LogP contribution is 2.26. The van der Waals surface area contributed by atoms with Crippen molar-refractivity contribution in [2.75, 3.05) is 24.7 Å². The van der Waals surface area contributed by atoms with Crippen LogP contribution in [0.1, 0.15) is 30.4 Å². The summed E-state index contributed by atoms with van der Waals surface area (Å²) in [7, 11) is 0. The number of halogens is 1. The summed E-state index contributed by atoms with van der Waals surface area (Å²) in [5.74, 6) is 1.92. The first-order valence-electron chi connectivity index (χ1n) is 7.88. The summed E-state index contributed by atoms with van der Waals surface area (Å²) in [6.45, 7) is 2.57. The molecule has 1 aromatic carbocycles. The third-order valence-corrected chi connectivity index (χ3v) is 5.57. The van der Waals surface area contributed by atoms with Crippen LogP contribution in [0.15, 0.2) is 18.2 Å². The summed E-state index contributed by atoms with van der Waals surface area (Å²) in [5, 5.41) is 8.99. The van der Waals surface area contributed by atoms with Gasteiger partial charge in [0.25, 0.3) is 0 Å². The normalized spacial score (nSPS) is 24.8. The molecule has 2 aliphatic rings. The Kier molecular flexibility index (Phi) is 5.35. The summed E-state index contributed by atoms with van der Waals surface area (Å²) < 4.78 is 19.3. The number of ether oxygens (including phenoxy) is 1. The van der Waals surface area contributed by atoms with Crippen molar-refractivity contribution in [3.63, 3.8) is 0 Å². The minimum Gasteiger partial charge on any atom is -0.377 e. The Morgan fingerprint density at radius 1 is 1.41 bits per heavy atom. The molecule has 0 saturated carbocycles. The second-order valence-corrected chi connectivity index (χ2v) is 7.16. The lowest BCUT2D eigenvalue weighted by molar-refractivity contribution is 0.0575. The molecule has 0 aromatic heterocycles. The maximum absolute atomic E-state index is 13.5. The van der Waals surface area contributed by atoms with Gasteiger partial charge in [-0.2, -0.15) is 17.0 Å². The van der Waals surface area contributed by atoms with E-state index in [1.807, 2.05) is 17.8 Å². The Hall–Kier alpha value is -1.09. The van der Waals surface area contributed by atoms with Crippen LogP contribution in [-0.2, 0) is 11.3 Å². The van der Waals surface area contributed by atoms with E-state index in [4.69, 9.17) is 10.00 Å². The fraction of sp³-hybridized carbons (Fsp3) is 0.588. The Balaban J connectivity index is 1.72. The van der Waals surface area contributed by atoms with Crippen molar-refractivity contribution in [1.82, 2.24) is 4.90 Å². The lowest BCUT2D eigenvalue weighted by Gasteiger charge is -2.30. The van der Waals surface area contributed by atoms with Gasteiger partial charge in [-0.25, -0.2) is 4.39 Å². The highest BCUT2D eigenvalue weighted by molar-refractivity contribution is 7.99. The van der Waals surface area contributed by atoms with Gasteiger partial charge in [0.05, 0.1) is 11.7 Å². The standard InChI is InChI=1S/C17H21FN2OS/c18-17-4-3-13(8-14(17)9-19)10-20(15-5-7-22-12-15)11-16-2-1-6-21-16/h3-4,8,15-16H,1-2,5-7,10-12H2/t15-,16+/m1/s1. The average Bonchev–Trinajstić information content (AvgIpc) is 3.21. The first-order chi connectivity index (χ1) is 10.8. The van der Waals surface area contributed by atoms with Gasteiger partial charge in [-0.1, -0.05) is 6.07 Å². The number of hydrogen-bond acceptors (Lipinski definition) is 4. The number of nitriles is 1. The molecule has 3 nitrogen and oxygen atoms in total. The fourth-order valence-electron chi connectivity index (χ4n) is 3.19.